The highest BCUT2D eigenvalue weighted by Crippen LogP contribution is 2.29. The van der Waals surface area contributed by atoms with Gasteiger partial charge in [0.1, 0.15) is 5.69 Å². The van der Waals surface area contributed by atoms with Gasteiger partial charge in [0.2, 0.25) is 0 Å². The Bertz CT molecular complexity index is 967. The van der Waals surface area contributed by atoms with E-state index in [9.17, 15) is 4.79 Å². The molecule has 0 spiro atoms. The lowest BCUT2D eigenvalue weighted by molar-refractivity contribution is 0.0951. The summed E-state index contributed by atoms with van der Waals surface area (Å²) in [6.07, 6.45) is 1.69. The summed E-state index contributed by atoms with van der Waals surface area (Å²) in [5.41, 5.74) is 10.3. The van der Waals surface area contributed by atoms with Gasteiger partial charge in [-0.05, 0) is 23.1 Å². The molecule has 154 valence electrons. The molecule has 5 nitrogen and oxygen atoms in total. The molecule has 2 aromatic carbocycles. The predicted octanol–water partition coefficient (Wildman–Crippen LogP) is 4.72. The second-order valence-electron chi connectivity index (χ2n) is 7.18. The molecule has 0 aliphatic carbocycles. The molecule has 1 aromatic heterocycles. The number of hydrogen-bond donors (Lipinski definition) is 2. The van der Waals surface area contributed by atoms with Gasteiger partial charge in [0.25, 0.3) is 5.91 Å². The van der Waals surface area contributed by atoms with Crippen LogP contribution < -0.4 is 11.1 Å². The molecule has 1 heterocycles. The molecule has 0 saturated heterocycles. The number of carbonyl (C=O) groups excluding carboxylic acids is 1. The van der Waals surface area contributed by atoms with Crippen molar-refractivity contribution in [2.24, 2.45) is 12.8 Å². The van der Waals surface area contributed by atoms with Gasteiger partial charge in [0.15, 0.2) is 0 Å². The van der Waals surface area contributed by atoms with Gasteiger partial charge in [0.05, 0.1) is 10.6 Å². The molecule has 0 saturated carbocycles. The summed E-state index contributed by atoms with van der Waals surface area (Å²) in [5.74, 6) is 0.246. The second kappa shape index (κ2) is 9.92. The summed E-state index contributed by atoms with van der Waals surface area (Å²) in [6, 6.07) is 15.3. The van der Waals surface area contributed by atoms with Crippen LogP contribution >= 0.6 is 24.0 Å². The third-order valence-corrected chi connectivity index (χ3v) is 5.05. The van der Waals surface area contributed by atoms with Crippen LogP contribution in [0.25, 0.3) is 11.3 Å². The van der Waals surface area contributed by atoms with E-state index in [1.54, 1.807) is 24.0 Å². The average molecular weight is 433 g/mol. The van der Waals surface area contributed by atoms with Crippen molar-refractivity contribution in [3.05, 3.63) is 76.4 Å². The second-order valence-corrected chi connectivity index (χ2v) is 7.59. The Labute approximate surface area is 182 Å². The number of benzene rings is 2. The molecule has 1 unspecified atom stereocenters. The Hall–Kier alpha value is -2.34. The van der Waals surface area contributed by atoms with Crippen molar-refractivity contribution in [2.45, 2.75) is 25.8 Å². The highest BCUT2D eigenvalue weighted by molar-refractivity contribution is 6.33. The molecule has 7 heteroatoms. The van der Waals surface area contributed by atoms with E-state index in [0.29, 0.717) is 28.7 Å². The number of aryl methyl sites for hydroxylation is 1. The smallest absolute Gasteiger partial charge is 0.255 e. The maximum absolute atomic E-state index is 12.8. The van der Waals surface area contributed by atoms with Crippen LogP contribution in [0.15, 0.2) is 54.7 Å². The minimum Gasteiger partial charge on any atom is -0.350 e. The molecule has 0 bridgehead atoms. The van der Waals surface area contributed by atoms with Gasteiger partial charge >= 0.3 is 0 Å². The summed E-state index contributed by atoms with van der Waals surface area (Å²) in [4.78, 5) is 12.8. The van der Waals surface area contributed by atoms with Gasteiger partial charge < -0.3 is 11.1 Å². The largest absolute Gasteiger partial charge is 0.350 e. The number of rotatable bonds is 6. The minimum absolute atomic E-state index is 0. The van der Waals surface area contributed by atoms with E-state index in [2.05, 4.69) is 36.4 Å². The Balaban J connectivity index is 0.00000300. The molecule has 29 heavy (non-hydrogen) atoms. The van der Waals surface area contributed by atoms with E-state index >= 15 is 0 Å². The van der Waals surface area contributed by atoms with Crippen LogP contribution in [0.4, 0.5) is 0 Å². The maximum atomic E-state index is 12.8. The first-order valence-electron chi connectivity index (χ1n) is 9.29. The monoisotopic (exact) mass is 432 g/mol. The van der Waals surface area contributed by atoms with Crippen LogP contribution in [0, 0.1) is 0 Å². The van der Waals surface area contributed by atoms with Crippen molar-refractivity contribution < 1.29 is 4.79 Å². The Morgan fingerprint density at radius 1 is 1.14 bits per heavy atom. The highest BCUT2D eigenvalue weighted by Gasteiger charge is 2.19. The van der Waals surface area contributed by atoms with Crippen LogP contribution in [0.5, 0.6) is 0 Å². The van der Waals surface area contributed by atoms with Gasteiger partial charge in [-0.3, -0.25) is 9.48 Å². The quantitative estimate of drug-likeness (QED) is 0.591. The summed E-state index contributed by atoms with van der Waals surface area (Å²) in [7, 11) is 1.78. The first-order valence-corrected chi connectivity index (χ1v) is 9.66. The predicted molar refractivity (Wildman–Crippen MR) is 121 cm³/mol. The van der Waals surface area contributed by atoms with E-state index in [1.165, 1.54) is 5.56 Å². The normalized spacial score (nSPS) is 11.8. The van der Waals surface area contributed by atoms with E-state index in [0.717, 1.165) is 11.1 Å². The van der Waals surface area contributed by atoms with E-state index in [-0.39, 0.29) is 24.4 Å². The van der Waals surface area contributed by atoms with Crippen LogP contribution in [-0.2, 0) is 7.05 Å². The SMILES string of the molecule is CC(C)c1ccc(C(N)CNC(=O)c2cn(C)nc2-c2ccccc2Cl)cc1.Cl. The zero-order chi connectivity index (χ0) is 20.3. The van der Waals surface area contributed by atoms with Gasteiger partial charge in [-0.1, -0.05) is 67.9 Å². The maximum Gasteiger partial charge on any atom is 0.255 e. The fourth-order valence-electron chi connectivity index (χ4n) is 3.05. The van der Waals surface area contributed by atoms with Gasteiger partial charge in [-0.2, -0.15) is 5.10 Å². The topological polar surface area (TPSA) is 72.9 Å². The van der Waals surface area contributed by atoms with E-state index in [1.807, 2.05) is 30.3 Å². The molecule has 0 aliphatic heterocycles. The van der Waals surface area contributed by atoms with Crippen molar-refractivity contribution in [3.63, 3.8) is 0 Å². The lowest BCUT2D eigenvalue weighted by Crippen LogP contribution is -2.32. The lowest BCUT2D eigenvalue weighted by Gasteiger charge is -2.14. The zero-order valence-electron chi connectivity index (χ0n) is 16.7. The van der Waals surface area contributed by atoms with Crippen LogP contribution in [0.1, 0.15) is 47.3 Å². The fraction of sp³-hybridized carbons (Fsp3) is 0.273. The molecular formula is C22H26Cl2N4O. The molecule has 0 radical (unpaired) electrons. The number of hydrogen-bond acceptors (Lipinski definition) is 3. The van der Waals surface area contributed by atoms with Crippen LogP contribution in [-0.4, -0.2) is 22.2 Å². The summed E-state index contributed by atoms with van der Waals surface area (Å²) in [6.45, 7) is 4.63. The standard InChI is InChI=1S/C22H25ClN4O.ClH/c1-14(2)15-8-10-16(11-9-15)20(24)12-25-22(28)18-13-27(3)26-21(18)17-6-4-5-7-19(17)23;/h4-11,13-14,20H,12,24H2,1-3H3,(H,25,28);1H. The number of nitrogens with zero attached hydrogens (tertiary/aromatic N) is 2. The Kier molecular flexibility index (Phi) is 7.85. The molecule has 0 aliphatic rings. The summed E-state index contributed by atoms with van der Waals surface area (Å²) >= 11 is 6.29. The number of aromatic nitrogens is 2. The van der Waals surface area contributed by atoms with Crippen LogP contribution in [0.3, 0.4) is 0 Å². The van der Waals surface area contributed by atoms with Crippen molar-refractivity contribution in [2.75, 3.05) is 6.54 Å². The van der Waals surface area contributed by atoms with Gasteiger partial charge in [0, 0.05) is 31.4 Å². The molecule has 1 amide bonds. The number of amides is 1. The number of halogens is 2. The molecular weight excluding hydrogens is 407 g/mol. The van der Waals surface area contributed by atoms with E-state index < -0.39 is 0 Å². The van der Waals surface area contributed by atoms with Gasteiger partial charge in [-0.25, -0.2) is 0 Å². The molecule has 3 aromatic rings. The summed E-state index contributed by atoms with van der Waals surface area (Å²) in [5, 5.41) is 7.88. The fourth-order valence-corrected chi connectivity index (χ4v) is 3.28. The number of nitrogens with two attached hydrogens (primary N) is 1. The lowest BCUT2D eigenvalue weighted by atomic mass is 9.99. The Morgan fingerprint density at radius 2 is 1.76 bits per heavy atom. The molecule has 0 fully saturated rings. The first-order chi connectivity index (χ1) is 13.4. The van der Waals surface area contributed by atoms with Crippen molar-refractivity contribution >= 4 is 29.9 Å². The molecule has 1 atom stereocenters. The van der Waals surface area contributed by atoms with Crippen molar-refractivity contribution in [1.82, 2.24) is 15.1 Å². The van der Waals surface area contributed by atoms with Crippen molar-refractivity contribution in [3.8, 4) is 11.3 Å². The van der Waals surface area contributed by atoms with Crippen molar-refractivity contribution in [1.29, 1.82) is 0 Å². The molecule has 3 rings (SSSR count). The number of carbonyl (C=O) groups is 1. The first kappa shape index (κ1) is 22.9. The minimum atomic E-state index is -0.286. The Morgan fingerprint density at radius 3 is 2.38 bits per heavy atom. The third kappa shape index (κ3) is 5.38. The zero-order valence-corrected chi connectivity index (χ0v) is 18.3. The highest BCUT2D eigenvalue weighted by atomic mass is 35.5. The average Bonchev–Trinajstić information content (AvgIpc) is 3.07. The summed E-state index contributed by atoms with van der Waals surface area (Å²) < 4.78 is 1.61. The van der Waals surface area contributed by atoms with E-state index in [4.69, 9.17) is 17.3 Å². The number of nitrogens with one attached hydrogen (secondary N) is 1. The molecule has 3 N–H and O–H groups in total. The van der Waals surface area contributed by atoms with Gasteiger partial charge in [-0.15, -0.1) is 12.4 Å². The van der Waals surface area contributed by atoms with Crippen LogP contribution in [0.2, 0.25) is 5.02 Å². The third-order valence-electron chi connectivity index (χ3n) is 4.72.